The molecule has 1 aromatic carbocycles. The van der Waals surface area contributed by atoms with Crippen molar-refractivity contribution in [3.63, 3.8) is 0 Å². The number of thioether (sulfide) groups is 1. The Bertz CT molecular complexity index is 968. The Hall–Kier alpha value is -2.06. The molecule has 0 bridgehead atoms. The summed E-state index contributed by atoms with van der Waals surface area (Å²) in [6.07, 6.45) is 7.43. The number of nitrogens with zero attached hydrogens (tertiary/aromatic N) is 4. The number of amides is 1. The molecule has 1 aliphatic carbocycles. The van der Waals surface area contributed by atoms with Crippen LogP contribution in [-0.4, -0.2) is 31.8 Å². The van der Waals surface area contributed by atoms with Gasteiger partial charge in [0.2, 0.25) is 11.0 Å². The Kier molecular flexibility index (Phi) is 6.17. The molecule has 1 aliphatic rings. The number of carbonyl (C=O) groups excluding carboxylic acids is 1. The highest BCUT2D eigenvalue weighted by atomic mass is 32.2. The second-order valence-corrected chi connectivity index (χ2v) is 9.26. The highest BCUT2D eigenvalue weighted by Gasteiger charge is 2.17. The minimum absolute atomic E-state index is 0.101. The number of benzene rings is 1. The largest absolute Gasteiger partial charge is 0.300 e. The molecule has 2 aromatic heterocycles. The minimum Gasteiger partial charge on any atom is -0.300 e. The molecule has 1 N–H and O–H groups in total. The molecule has 3 aromatic rings. The number of hydrogen-bond acceptors (Lipinski definition) is 7. The fraction of sp³-hybridized carbons (Fsp3) is 0.450. The second kappa shape index (κ2) is 8.96. The van der Waals surface area contributed by atoms with Gasteiger partial charge < -0.3 is 0 Å². The number of para-hydroxylation sites is 1. The molecule has 1 fully saturated rings. The van der Waals surface area contributed by atoms with Crippen LogP contribution >= 0.6 is 23.1 Å². The fourth-order valence-corrected chi connectivity index (χ4v) is 5.03. The van der Waals surface area contributed by atoms with Crippen molar-refractivity contribution in [2.45, 2.75) is 50.5 Å². The Morgan fingerprint density at radius 1 is 1.21 bits per heavy atom. The van der Waals surface area contributed by atoms with E-state index in [0.29, 0.717) is 5.13 Å². The zero-order valence-corrected chi connectivity index (χ0v) is 17.5. The summed E-state index contributed by atoms with van der Waals surface area (Å²) in [5, 5.41) is 13.9. The summed E-state index contributed by atoms with van der Waals surface area (Å²) in [7, 11) is 0. The SMILES string of the molecule is Cc1nnc(NC(=O)CSc2nc(CCC3CCCC3)nc3ccccc23)s1. The van der Waals surface area contributed by atoms with Crippen LogP contribution < -0.4 is 5.32 Å². The summed E-state index contributed by atoms with van der Waals surface area (Å²) in [4.78, 5) is 21.8. The summed E-state index contributed by atoms with van der Waals surface area (Å²) in [5.74, 6) is 1.87. The van der Waals surface area contributed by atoms with Crippen LogP contribution in [0.2, 0.25) is 0 Å². The quantitative estimate of drug-likeness (QED) is 0.449. The lowest BCUT2D eigenvalue weighted by Gasteiger charge is -2.10. The van der Waals surface area contributed by atoms with Gasteiger partial charge in [0.15, 0.2) is 0 Å². The van der Waals surface area contributed by atoms with Gasteiger partial charge in [-0.1, -0.05) is 67.0 Å². The second-order valence-electron chi connectivity index (χ2n) is 7.11. The minimum atomic E-state index is -0.101. The van der Waals surface area contributed by atoms with Gasteiger partial charge in [0, 0.05) is 11.8 Å². The van der Waals surface area contributed by atoms with Crippen molar-refractivity contribution in [2.24, 2.45) is 5.92 Å². The van der Waals surface area contributed by atoms with Crippen molar-refractivity contribution < 1.29 is 4.79 Å². The maximum absolute atomic E-state index is 12.3. The van der Waals surface area contributed by atoms with Crippen LogP contribution in [0.4, 0.5) is 5.13 Å². The van der Waals surface area contributed by atoms with Gasteiger partial charge in [-0.15, -0.1) is 10.2 Å². The van der Waals surface area contributed by atoms with Gasteiger partial charge in [-0.3, -0.25) is 10.1 Å². The zero-order chi connectivity index (χ0) is 19.3. The van der Waals surface area contributed by atoms with Crippen LogP contribution in [0.15, 0.2) is 29.3 Å². The average molecular weight is 414 g/mol. The van der Waals surface area contributed by atoms with Crippen LogP contribution in [0.3, 0.4) is 0 Å². The van der Waals surface area contributed by atoms with Crippen LogP contribution in [0.25, 0.3) is 10.9 Å². The monoisotopic (exact) mass is 413 g/mol. The van der Waals surface area contributed by atoms with Crippen LogP contribution in [0.5, 0.6) is 0 Å². The topological polar surface area (TPSA) is 80.7 Å². The van der Waals surface area contributed by atoms with Crippen molar-refractivity contribution >= 4 is 45.0 Å². The number of carbonyl (C=O) groups is 1. The Morgan fingerprint density at radius 3 is 2.82 bits per heavy atom. The van der Waals surface area contributed by atoms with Crippen LogP contribution in [-0.2, 0) is 11.2 Å². The van der Waals surface area contributed by atoms with E-state index >= 15 is 0 Å². The lowest BCUT2D eigenvalue weighted by Crippen LogP contribution is -2.14. The van der Waals surface area contributed by atoms with Gasteiger partial charge in [0.05, 0.1) is 11.3 Å². The van der Waals surface area contributed by atoms with E-state index in [9.17, 15) is 4.79 Å². The Morgan fingerprint density at radius 2 is 2.04 bits per heavy atom. The molecule has 146 valence electrons. The first-order chi connectivity index (χ1) is 13.7. The third kappa shape index (κ3) is 4.86. The van der Waals surface area contributed by atoms with Gasteiger partial charge in [-0.2, -0.15) is 0 Å². The number of nitrogens with one attached hydrogen (secondary N) is 1. The molecule has 4 rings (SSSR count). The third-order valence-corrected chi connectivity index (χ3v) is 6.72. The van der Waals surface area contributed by atoms with Crippen molar-refractivity contribution in [2.75, 3.05) is 11.1 Å². The molecule has 1 saturated carbocycles. The van der Waals surface area contributed by atoms with E-state index in [4.69, 9.17) is 9.97 Å². The molecule has 0 saturated heterocycles. The van der Waals surface area contributed by atoms with E-state index in [1.165, 1.54) is 48.8 Å². The molecule has 0 atom stereocenters. The van der Waals surface area contributed by atoms with Crippen molar-refractivity contribution in [3.05, 3.63) is 35.1 Å². The first-order valence-corrected chi connectivity index (χ1v) is 11.5. The molecular weight excluding hydrogens is 390 g/mol. The van der Waals surface area contributed by atoms with E-state index in [2.05, 4.69) is 15.5 Å². The predicted octanol–water partition coefficient (Wildman–Crippen LogP) is 4.64. The summed E-state index contributed by atoms with van der Waals surface area (Å²) in [5.41, 5.74) is 0.946. The number of rotatable bonds is 7. The zero-order valence-electron chi connectivity index (χ0n) is 15.9. The summed E-state index contributed by atoms with van der Waals surface area (Å²) < 4.78 is 0. The molecule has 0 spiro atoms. The standard InChI is InChI=1S/C20H23N5OS2/c1-13-24-25-20(28-13)23-18(26)12-27-19-15-8-4-5-9-16(15)21-17(22-19)11-10-14-6-2-3-7-14/h4-5,8-9,14H,2-3,6-7,10-12H2,1H3,(H,23,25,26). The van der Waals surface area contributed by atoms with Gasteiger partial charge in [0.1, 0.15) is 15.9 Å². The molecule has 1 amide bonds. The normalized spacial score (nSPS) is 14.6. The van der Waals surface area contributed by atoms with Gasteiger partial charge in [-0.05, 0) is 25.3 Å². The average Bonchev–Trinajstić information content (AvgIpc) is 3.36. The Labute approximate surface area is 172 Å². The van der Waals surface area contributed by atoms with E-state index < -0.39 is 0 Å². The molecule has 8 heteroatoms. The number of anilines is 1. The molecule has 0 aliphatic heterocycles. The smallest absolute Gasteiger partial charge is 0.236 e. The summed E-state index contributed by atoms with van der Waals surface area (Å²) in [6.45, 7) is 1.86. The van der Waals surface area contributed by atoms with Gasteiger partial charge in [0.25, 0.3) is 0 Å². The molecule has 0 unspecified atom stereocenters. The van der Waals surface area contributed by atoms with E-state index in [1.54, 1.807) is 0 Å². The van der Waals surface area contributed by atoms with E-state index in [-0.39, 0.29) is 11.7 Å². The number of hydrogen-bond donors (Lipinski definition) is 1. The highest BCUT2D eigenvalue weighted by Crippen LogP contribution is 2.30. The lowest BCUT2D eigenvalue weighted by molar-refractivity contribution is -0.113. The molecule has 6 nitrogen and oxygen atoms in total. The maximum Gasteiger partial charge on any atom is 0.236 e. The Balaban J connectivity index is 1.45. The molecule has 0 radical (unpaired) electrons. The fourth-order valence-electron chi connectivity index (χ4n) is 3.58. The first-order valence-electron chi connectivity index (χ1n) is 9.66. The highest BCUT2D eigenvalue weighted by molar-refractivity contribution is 8.00. The van der Waals surface area contributed by atoms with Crippen molar-refractivity contribution in [3.8, 4) is 0 Å². The van der Waals surface area contributed by atoms with E-state index in [1.807, 2.05) is 31.2 Å². The predicted molar refractivity (Wildman–Crippen MR) is 114 cm³/mol. The molecule has 28 heavy (non-hydrogen) atoms. The summed E-state index contributed by atoms with van der Waals surface area (Å²) >= 11 is 2.82. The third-order valence-electron chi connectivity index (χ3n) is 4.98. The van der Waals surface area contributed by atoms with Crippen LogP contribution in [0, 0.1) is 12.8 Å². The van der Waals surface area contributed by atoms with Gasteiger partial charge >= 0.3 is 0 Å². The maximum atomic E-state index is 12.3. The summed E-state index contributed by atoms with van der Waals surface area (Å²) in [6, 6.07) is 8.02. The number of fused-ring (bicyclic) bond motifs is 1. The van der Waals surface area contributed by atoms with Crippen LogP contribution in [0.1, 0.15) is 42.9 Å². The van der Waals surface area contributed by atoms with Crippen molar-refractivity contribution in [1.82, 2.24) is 20.2 Å². The number of aromatic nitrogens is 4. The van der Waals surface area contributed by atoms with Crippen molar-refractivity contribution in [1.29, 1.82) is 0 Å². The molecule has 2 heterocycles. The van der Waals surface area contributed by atoms with E-state index in [0.717, 1.165) is 45.5 Å². The van der Waals surface area contributed by atoms with Gasteiger partial charge in [-0.25, -0.2) is 9.97 Å². The number of aryl methyl sites for hydroxylation is 2. The lowest BCUT2D eigenvalue weighted by atomic mass is 10.0. The first kappa shape index (κ1) is 19.3. The molecular formula is C20H23N5OS2.